The first-order valence-electron chi connectivity index (χ1n) is 5.68. The molecule has 1 aromatic heterocycles. The molecule has 2 fully saturated rings. The van der Waals surface area contributed by atoms with Crippen molar-refractivity contribution in [3.05, 3.63) is 17.5 Å². The lowest BCUT2D eigenvalue weighted by Crippen LogP contribution is -2.44. The molecule has 3 rings (SSSR count). The zero-order chi connectivity index (χ0) is 11.1. The molecule has 2 bridgehead atoms. The van der Waals surface area contributed by atoms with E-state index in [1.54, 1.807) is 6.07 Å². The van der Waals surface area contributed by atoms with Gasteiger partial charge in [-0.15, -0.1) is 0 Å². The highest BCUT2D eigenvalue weighted by Gasteiger charge is 2.35. The first kappa shape index (κ1) is 9.84. The van der Waals surface area contributed by atoms with Crippen LogP contribution >= 0.6 is 0 Å². The maximum absolute atomic E-state index is 12.1. The van der Waals surface area contributed by atoms with Crippen molar-refractivity contribution in [3.8, 4) is 0 Å². The van der Waals surface area contributed by atoms with Crippen LogP contribution in [0.2, 0.25) is 0 Å². The van der Waals surface area contributed by atoms with Gasteiger partial charge in [-0.2, -0.15) is 0 Å². The van der Waals surface area contributed by atoms with E-state index in [0.717, 1.165) is 25.3 Å². The van der Waals surface area contributed by atoms with Crippen LogP contribution in [0.4, 0.5) is 0 Å². The Kier molecular flexibility index (Phi) is 2.21. The summed E-state index contributed by atoms with van der Waals surface area (Å²) in [6, 6.07) is 2.17. The van der Waals surface area contributed by atoms with Crippen molar-refractivity contribution in [2.75, 3.05) is 19.6 Å². The molecule has 2 atom stereocenters. The van der Waals surface area contributed by atoms with Gasteiger partial charge in [-0.25, -0.2) is 0 Å². The van der Waals surface area contributed by atoms with E-state index in [2.05, 4.69) is 10.5 Å². The summed E-state index contributed by atoms with van der Waals surface area (Å²) in [4.78, 5) is 14.0. The zero-order valence-electron chi connectivity index (χ0n) is 9.27. The minimum absolute atomic E-state index is 0.0287. The van der Waals surface area contributed by atoms with Crippen LogP contribution in [0.5, 0.6) is 0 Å². The largest absolute Gasteiger partial charge is 0.351 e. The monoisotopic (exact) mass is 221 g/mol. The molecule has 16 heavy (non-hydrogen) atoms. The van der Waals surface area contributed by atoms with Crippen molar-refractivity contribution in [1.82, 2.24) is 15.4 Å². The van der Waals surface area contributed by atoms with E-state index in [4.69, 9.17) is 4.52 Å². The molecule has 5 heteroatoms. The van der Waals surface area contributed by atoms with Gasteiger partial charge in [0.25, 0.3) is 5.91 Å². The van der Waals surface area contributed by atoms with E-state index in [9.17, 15) is 4.79 Å². The quantitative estimate of drug-likeness (QED) is 0.746. The molecule has 1 N–H and O–H groups in total. The van der Waals surface area contributed by atoms with E-state index in [0.29, 0.717) is 17.7 Å². The lowest BCUT2D eigenvalue weighted by atomic mass is 10.00. The second-order valence-electron chi connectivity index (χ2n) is 4.75. The summed E-state index contributed by atoms with van der Waals surface area (Å²) in [5.74, 6) is 0.935. The number of amides is 1. The Morgan fingerprint density at radius 3 is 3.19 bits per heavy atom. The van der Waals surface area contributed by atoms with Gasteiger partial charge in [-0.05, 0) is 19.3 Å². The van der Waals surface area contributed by atoms with Crippen molar-refractivity contribution in [3.63, 3.8) is 0 Å². The Balaban J connectivity index is 1.76. The molecule has 0 radical (unpaired) electrons. The van der Waals surface area contributed by atoms with Gasteiger partial charge in [0.2, 0.25) is 5.76 Å². The SMILES string of the molecule is Cc1cc(C(=O)N2C[C@@H]3CN[C@@H](C3)C2)on1. The molecule has 1 aromatic rings. The molecule has 3 heterocycles. The third-order valence-corrected chi connectivity index (χ3v) is 3.36. The van der Waals surface area contributed by atoms with E-state index in [-0.39, 0.29) is 5.91 Å². The number of aromatic nitrogens is 1. The highest BCUT2D eigenvalue weighted by atomic mass is 16.5. The summed E-state index contributed by atoms with van der Waals surface area (Å²) in [5.41, 5.74) is 0.751. The van der Waals surface area contributed by atoms with E-state index in [1.165, 1.54) is 6.42 Å². The number of hydrogen-bond donors (Lipinski definition) is 1. The van der Waals surface area contributed by atoms with Crippen LogP contribution in [0.3, 0.4) is 0 Å². The fourth-order valence-corrected chi connectivity index (χ4v) is 2.62. The smallest absolute Gasteiger partial charge is 0.292 e. The average molecular weight is 221 g/mol. The summed E-state index contributed by atoms with van der Waals surface area (Å²) < 4.78 is 5.01. The maximum atomic E-state index is 12.1. The number of likely N-dealkylation sites (tertiary alicyclic amines) is 1. The fraction of sp³-hybridized carbons (Fsp3) is 0.636. The van der Waals surface area contributed by atoms with Crippen LogP contribution in [-0.4, -0.2) is 41.6 Å². The number of aryl methyl sites for hydroxylation is 1. The minimum Gasteiger partial charge on any atom is -0.351 e. The Morgan fingerprint density at radius 2 is 2.50 bits per heavy atom. The van der Waals surface area contributed by atoms with Gasteiger partial charge in [-0.1, -0.05) is 5.16 Å². The minimum atomic E-state index is -0.0287. The molecule has 2 aliphatic rings. The topological polar surface area (TPSA) is 58.4 Å². The van der Waals surface area contributed by atoms with Gasteiger partial charge in [0, 0.05) is 31.7 Å². The normalized spacial score (nSPS) is 28.4. The Hall–Kier alpha value is -1.36. The number of piperidine rings is 1. The lowest BCUT2D eigenvalue weighted by Gasteiger charge is -2.30. The average Bonchev–Trinajstić information content (AvgIpc) is 2.84. The van der Waals surface area contributed by atoms with Gasteiger partial charge >= 0.3 is 0 Å². The lowest BCUT2D eigenvalue weighted by molar-refractivity contribution is 0.0649. The summed E-state index contributed by atoms with van der Waals surface area (Å²) in [6.45, 7) is 4.47. The van der Waals surface area contributed by atoms with E-state index < -0.39 is 0 Å². The van der Waals surface area contributed by atoms with Crippen LogP contribution in [0, 0.1) is 12.8 Å². The van der Waals surface area contributed by atoms with Crippen molar-refractivity contribution >= 4 is 5.91 Å². The number of fused-ring (bicyclic) bond motifs is 2. The van der Waals surface area contributed by atoms with Crippen LogP contribution in [-0.2, 0) is 0 Å². The highest BCUT2D eigenvalue weighted by Crippen LogP contribution is 2.23. The first-order valence-corrected chi connectivity index (χ1v) is 5.68. The van der Waals surface area contributed by atoms with Crippen LogP contribution in [0.15, 0.2) is 10.6 Å². The zero-order valence-corrected chi connectivity index (χ0v) is 9.27. The first-order chi connectivity index (χ1) is 7.72. The summed E-state index contributed by atoms with van der Waals surface area (Å²) >= 11 is 0. The third kappa shape index (κ3) is 1.61. The molecule has 2 saturated heterocycles. The van der Waals surface area contributed by atoms with Crippen molar-refractivity contribution in [2.24, 2.45) is 5.92 Å². The van der Waals surface area contributed by atoms with Crippen LogP contribution in [0.25, 0.3) is 0 Å². The van der Waals surface area contributed by atoms with Crippen molar-refractivity contribution < 1.29 is 9.32 Å². The molecule has 5 nitrogen and oxygen atoms in total. The van der Waals surface area contributed by atoms with Gasteiger partial charge < -0.3 is 14.7 Å². The number of hydrogen-bond acceptors (Lipinski definition) is 4. The Labute approximate surface area is 93.8 Å². The van der Waals surface area contributed by atoms with E-state index >= 15 is 0 Å². The van der Waals surface area contributed by atoms with Gasteiger partial charge in [-0.3, -0.25) is 4.79 Å². The van der Waals surface area contributed by atoms with Crippen LogP contribution < -0.4 is 5.32 Å². The maximum Gasteiger partial charge on any atom is 0.292 e. The number of rotatable bonds is 1. The second kappa shape index (κ2) is 3.59. The molecule has 2 aliphatic heterocycles. The molecule has 0 aliphatic carbocycles. The predicted octanol–water partition coefficient (Wildman–Crippen LogP) is 0.417. The Bertz CT molecular complexity index is 403. The molecule has 0 aromatic carbocycles. The number of nitrogens with one attached hydrogen (secondary N) is 1. The summed E-state index contributed by atoms with van der Waals surface area (Å²) in [7, 11) is 0. The molecule has 0 saturated carbocycles. The molecular formula is C11H15N3O2. The van der Waals surface area contributed by atoms with Gasteiger partial charge in [0.05, 0.1) is 5.69 Å². The van der Waals surface area contributed by atoms with E-state index in [1.807, 2.05) is 11.8 Å². The Morgan fingerprint density at radius 1 is 1.62 bits per heavy atom. The molecule has 86 valence electrons. The van der Waals surface area contributed by atoms with Crippen molar-refractivity contribution in [1.29, 1.82) is 0 Å². The van der Waals surface area contributed by atoms with Gasteiger partial charge in [0.1, 0.15) is 0 Å². The predicted molar refractivity (Wildman–Crippen MR) is 57.0 cm³/mol. The number of carbonyl (C=O) groups is 1. The summed E-state index contributed by atoms with van der Waals surface area (Å²) in [5, 5.41) is 7.17. The van der Waals surface area contributed by atoms with Crippen LogP contribution in [0.1, 0.15) is 22.7 Å². The third-order valence-electron chi connectivity index (χ3n) is 3.36. The van der Waals surface area contributed by atoms with Crippen molar-refractivity contribution in [2.45, 2.75) is 19.4 Å². The number of carbonyl (C=O) groups excluding carboxylic acids is 1. The molecular weight excluding hydrogens is 206 g/mol. The molecule has 1 amide bonds. The highest BCUT2D eigenvalue weighted by molar-refractivity contribution is 5.91. The fourth-order valence-electron chi connectivity index (χ4n) is 2.62. The second-order valence-corrected chi connectivity index (χ2v) is 4.75. The number of nitrogens with zero attached hydrogens (tertiary/aromatic N) is 2. The van der Waals surface area contributed by atoms with Gasteiger partial charge in [0.15, 0.2) is 0 Å². The molecule has 0 spiro atoms. The molecule has 0 unspecified atom stereocenters. The standard InChI is InChI=1S/C11H15N3O2/c1-7-2-10(16-13-7)11(15)14-5-8-3-9(6-14)12-4-8/h2,8-9,12H,3-6H2,1H3/t8-,9-/m0/s1. The summed E-state index contributed by atoms with van der Waals surface area (Å²) in [6.07, 6.45) is 1.19.